The Hall–Kier alpha value is -3.08. The van der Waals surface area contributed by atoms with Crippen LogP contribution in [0.25, 0.3) is 11.0 Å². The van der Waals surface area contributed by atoms with Crippen molar-refractivity contribution >= 4 is 28.5 Å². The van der Waals surface area contributed by atoms with Gasteiger partial charge in [0.15, 0.2) is 0 Å². The molecule has 0 radical (unpaired) electrons. The van der Waals surface area contributed by atoms with Gasteiger partial charge in [-0.3, -0.25) is 9.59 Å². The van der Waals surface area contributed by atoms with E-state index in [9.17, 15) is 9.59 Å². The number of furan rings is 1. The predicted molar refractivity (Wildman–Crippen MR) is 83.9 cm³/mol. The predicted octanol–water partition coefficient (Wildman–Crippen LogP) is 3.09. The lowest BCUT2D eigenvalue weighted by Gasteiger charge is -2.09. The maximum Gasteiger partial charge on any atom is 0.259 e. The summed E-state index contributed by atoms with van der Waals surface area (Å²) >= 11 is 0. The number of hydrogen-bond donors (Lipinski definition) is 2. The van der Waals surface area contributed by atoms with Gasteiger partial charge in [0.05, 0.1) is 5.56 Å². The number of hydrogen-bond acceptors (Lipinski definition) is 3. The molecule has 0 saturated carbocycles. The Balaban J connectivity index is 1.94. The first-order valence-corrected chi connectivity index (χ1v) is 6.74. The number of benzene rings is 2. The number of para-hydroxylation sites is 1. The minimum absolute atomic E-state index is 0.297. The molecule has 0 saturated heterocycles. The van der Waals surface area contributed by atoms with Crippen LogP contribution in [-0.2, 0) is 0 Å². The molecule has 0 bridgehead atoms. The van der Waals surface area contributed by atoms with Gasteiger partial charge in [-0.05, 0) is 30.7 Å². The van der Waals surface area contributed by atoms with Crippen molar-refractivity contribution in [2.75, 3.05) is 5.32 Å². The summed E-state index contributed by atoms with van der Waals surface area (Å²) in [5.74, 6) is -0.834. The smallest absolute Gasteiger partial charge is 0.259 e. The Morgan fingerprint density at radius 2 is 1.91 bits per heavy atom. The highest BCUT2D eigenvalue weighted by Gasteiger charge is 2.15. The zero-order valence-corrected chi connectivity index (χ0v) is 11.9. The number of rotatable bonds is 3. The molecule has 2 aromatic carbocycles. The van der Waals surface area contributed by atoms with Crippen LogP contribution in [0.5, 0.6) is 0 Å². The van der Waals surface area contributed by atoms with E-state index in [1.807, 2.05) is 25.1 Å². The number of amides is 2. The third-order valence-corrected chi connectivity index (χ3v) is 3.50. The summed E-state index contributed by atoms with van der Waals surface area (Å²) in [5, 5.41) is 3.53. The van der Waals surface area contributed by atoms with Gasteiger partial charge in [0, 0.05) is 16.6 Å². The fraction of sp³-hybridized carbons (Fsp3) is 0.0588. The highest BCUT2D eigenvalue weighted by atomic mass is 16.3. The highest BCUT2D eigenvalue weighted by Crippen LogP contribution is 2.23. The molecule has 0 spiro atoms. The first kappa shape index (κ1) is 13.9. The minimum atomic E-state index is -0.538. The summed E-state index contributed by atoms with van der Waals surface area (Å²) in [4.78, 5) is 23.7. The summed E-state index contributed by atoms with van der Waals surface area (Å²) in [6.07, 6.45) is 1.42. The average molecular weight is 294 g/mol. The van der Waals surface area contributed by atoms with Crippen molar-refractivity contribution in [2.45, 2.75) is 6.92 Å². The lowest BCUT2D eigenvalue weighted by atomic mass is 10.1. The van der Waals surface area contributed by atoms with Crippen LogP contribution in [0.3, 0.4) is 0 Å². The van der Waals surface area contributed by atoms with Gasteiger partial charge in [0.2, 0.25) is 5.91 Å². The summed E-state index contributed by atoms with van der Waals surface area (Å²) in [6.45, 7) is 1.84. The van der Waals surface area contributed by atoms with Gasteiger partial charge in [-0.2, -0.15) is 0 Å². The molecule has 3 rings (SSSR count). The monoisotopic (exact) mass is 294 g/mol. The van der Waals surface area contributed by atoms with E-state index in [1.165, 1.54) is 6.26 Å². The molecule has 2 amide bonds. The number of primary amides is 1. The molecule has 5 nitrogen and oxygen atoms in total. The van der Waals surface area contributed by atoms with E-state index in [2.05, 4.69) is 5.32 Å². The number of carbonyl (C=O) groups is 2. The average Bonchev–Trinajstić information content (AvgIpc) is 2.93. The zero-order chi connectivity index (χ0) is 15.7. The van der Waals surface area contributed by atoms with Crippen molar-refractivity contribution < 1.29 is 14.0 Å². The van der Waals surface area contributed by atoms with Crippen LogP contribution in [-0.4, -0.2) is 11.8 Å². The summed E-state index contributed by atoms with van der Waals surface area (Å²) in [7, 11) is 0. The molecule has 5 heteroatoms. The lowest BCUT2D eigenvalue weighted by molar-refractivity contribution is 0.0996. The van der Waals surface area contributed by atoms with E-state index >= 15 is 0 Å². The van der Waals surface area contributed by atoms with Crippen LogP contribution in [0.1, 0.15) is 26.3 Å². The van der Waals surface area contributed by atoms with Crippen molar-refractivity contribution in [3.63, 3.8) is 0 Å². The lowest BCUT2D eigenvalue weighted by Crippen LogP contribution is -2.15. The van der Waals surface area contributed by atoms with Crippen molar-refractivity contribution in [3.05, 3.63) is 65.4 Å². The molecule has 0 aliphatic heterocycles. The quantitative estimate of drug-likeness (QED) is 0.778. The number of carbonyl (C=O) groups excluding carboxylic acids is 2. The first-order chi connectivity index (χ1) is 10.6. The summed E-state index contributed by atoms with van der Waals surface area (Å²) in [5.41, 5.74) is 8.09. The summed E-state index contributed by atoms with van der Waals surface area (Å²) < 4.78 is 5.37. The second kappa shape index (κ2) is 5.37. The van der Waals surface area contributed by atoms with Crippen LogP contribution in [0.4, 0.5) is 5.69 Å². The van der Waals surface area contributed by atoms with Gasteiger partial charge in [0.25, 0.3) is 5.91 Å². The third kappa shape index (κ3) is 2.44. The second-order valence-corrected chi connectivity index (χ2v) is 4.99. The van der Waals surface area contributed by atoms with E-state index in [4.69, 9.17) is 10.2 Å². The van der Waals surface area contributed by atoms with Gasteiger partial charge in [-0.15, -0.1) is 0 Å². The van der Waals surface area contributed by atoms with Crippen LogP contribution in [0.2, 0.25) is 0 Å². The SMILES string of the molecule is Cc1ccc(C(N)=O)cc1NC(=O)c1coc2ccccc12. The van der Waals surface area contributed by atoms with Gasteiger partial charge >= 0.3 is 0 Å². The number of anilines is 1. The van der Waals surface area contributed by atoms with E-state index in [1.54, 1.807) is 24.3 Å². The first-order valence-electron chi connectivity index (χ1n) is 6.74. The molecular formula is C17H14N2O3. The molecule has 0 atom stereocenters. The number of aryl methyl sites for hydroxylation is 1. The molecule has 0 aliphatic carbocycles. The molecular weight excluding hydrogens is 280 g/mol. The van der Waals surface area contributed by atoms with Crippen LogP contribution in [0, 0.1) is 6.92 Å². The molecule has 1 aromatic heterocycles. The molecule has 0 unspecified atom stereocenters. The van der Waals surface area contributed by atoms with E-state index in [0.717, 1.165) is 10.9 Å². The van der Waals surface area contributed by atoms with E-state index in [0.29, 0.717) is 22.4 Å². The summed E-state index contributed by atoms with van der Waals surface area (Å²) in [6, 6.07) is 12.2. The van der Waals surface area contributed by atoms with E-state index < -0.39 is 5.91 Å². The second-order valence-electron chi connectivity index (χ2n) is 4.99. The Morgan fingerprint density at radius 1 is 1.14 bits per heavy atom. The Kier molecular flexibility index (Phi) is 3.39. The Labute approximate surface area is 126 Å². The molecule has 3 N–H and O–H groups in total. The van der Waals surface area contributed by atoms with Crippen molar-refractivity contribution in [1.29, 1.82) is 0 Å². The molecule has 22 heavy (non-hydrogen) atoms. The van der Waals surface area contributed by atoms with Crippen molar-refractivity contribution in [3.8, 4) is 0 Å². The molecule has 1 heterocycles. The molecule has 3 aromatic rings. The van der Waals surface area contributed by atoms with E-state index in [-0.39, 0.29) is 5.91 Å². The number of nitrogens with two attached hydrogens (primary N) is 1. The maximum atomic E-state index is 12.4. The van der Waals surface area contributed by atoms with Gasteiger partial charge in [-0.25, -0.2) is 0 Å². The third-order valence-electron chi connectivity index (χ3n) is 3.50. The van der Waals surface area contributed by atoms with Gasteiger partial charge in [-0.1, -0.05) is 24.3 Å². The maximum absolute atomic E-state index is 12.4. The number of nitrogens with one attached hydrogen (secondary N) is 1. The minimum Gasteiger partial charge on any atom is -0.463 e. The van der Waals surface area contributed by atoms with Crippen LogP contribution in [0.15, 0.2) is 53.1 Å². The normalized spacial score (nSPS) is 10.6. The van der Waals surface area contributed by atoms with Crippen molar-refractivity contribution in [2.24, 2.45) is 5.73 Å². The standard InChI is InChI=1S/C17H14N2O3/c1-10-6-7-11(16(18)20)8-14(10)19-17(21)13-9-22-15-5-3-2-4-12(13)15/h2-9H,1H3,(H2,18,20)(H,19,21). The molecule has 0 aliphatic rings. The highest BCUT2D eigenvalue weighted by molar-refractivity contribution is 6.12. The largest absolute Gasteiger partial charge is 0.463 e. The zero-order valence-electron chi connectivity index (χ0n) is 11.9. The Morgan fingerprint density at radius 3 is 2.68 bits per heavy atom. The fourth-order valence-electron chi connectivity index (χ4n) is 2.25. The fourth-order valence-corrected chi connectivity index (χ4v) is 2.25. The Bertz CT molecular complexity index is 880. The van der Waals surface area contributed by atoms with Crippen molar-refractivity contribution in [1.82, 2.24) is 0 Å². The van der Waals surface area contributed by atoms with Crippen LogP contribution >= 0.6 is 0 Å². The molecule has 0 fully saturated rings. The van der Waals surface area contributed by atoms with Crippen LogP contribution < -0.4 is 11.1 Å². The van der Waals surface area contributed by atoms with Gasteiger partial charge < -0.3 is 15.5 Å². The number of fused-ring (bicyclic) bond motifs is 1. The molecule has 110 valence electrons. The topological polar surface area (TPSA) is 85.3 Å². The van der Waals surface area contributed by atoms with Gasteiger partial charge in [0.1, 0.15) is 11.8 Å².